The molecule has 0 unspecified atom stereocenters. The zero-order chi connectivity index (χ0) is 23.2. The van der Waals surface area contributed by atoms with Crippen molar-refractivity contribution in [2.75, 3.05) is 0 Å². The fourth-order valence-electron chi connectivity index (χ4n) is 3.82. The summed E-state index contributed by atoms with van der Waals surface area (Å²) in [6.07, 6.45) is 3.47. The number of fused-ring (bicyclic) bond motifs is 2. The highest BCUT2D eigenvalue weighted by Crippen LogP contribution is 2.35. The van der Waals surface area contributed by atoms with E-state index in [1.54, 1.807) is 12.4 Å². The summed E-state index contributed by atoms with van der Waals surface area (Å²) in [6.45, 7) is 0. The Hall–Kier alpha value is -4.76. The van der Waals surface area contributed by atoms with Gasteiger partial charge < -0.3 is 8.83 Å². The maximum absolute atomic E-state index is 5.94. The van der Waals surface area contributed by atoms with Crippen molar-refractivity contribution in [3.63, 3.8) is 0 Å². The van der Waals surface area contributed by atoms with E-state index in [2.05, 4.69) is 30.4 Å². The van der Waals surface area contributed by atoms with Crippen LogP contribution in [0.3, 0.4) is 0 Å². The van der Waals surface area contributed by atoms with Crippen LogP contribution in [0.4, 0.5) is 0 Å². The molecule has 5 aromatic heterocycles. The lowest BCUT2D eigenvalue weighted by Crippen LogP contribution is -1.82. The van der Waals surface area contributed by atoms with Crippen LogP contribution in [0.2, 0.25) is 0 Å². The van der Waals surface area contributed by atoms with Crippen LogP contribution in [-0.2, 0) is 0 Å². The maximum atomic E-state index is 5.94. The van der Waals surface area contributed by atoms with E-state index in [1.807, 2.05) is 72.8 Å². The summed E-state index contributed by atoms with van der Waals surface area (Å²) in [6, 6.07) is 23.6. The highest BCUT2D eigenvalue weighted by atomic mass is 32.1. The molecule has 0 atom stereocenters. The number of hydrogen-bond acceptors (Lipinski definition) is 9. The van der Waals surface area contributed by atoms with Gasteiger partial charge in [0.25, 0.3) is 11.8 Å². The summed E-state index contributed by atoms with van der Waals surface area (Å²) < 4.78 is 11.9. The summed E-state index contributed by atoms with van der Waals surface area (Å²) >= 11 is 1.44. The maximum Gasteiger partial charge on any atom is 0.258 e. The van der Waals surface area contributed by atoms with Gasteiger partial charge in [-0.05, 0) is 36.4 Å². The molecule has 35 heavy (non-hydrogen) atoms. The van der Waals surface area contributed by atoms with E-state index in [-0.39, 0.29) is 0 Å². The quantitative estimate of drug-likeness (QED) is 0.294. The molecule has 2 aromatic carbocycles. The first-order valence-corrected chi connectivity index (χ1v) is 11.6. The molecule has 7 aromatic rings. The summed E-state index contributed by atoms with van der Waals surface area (Å²) in [7, 11) is 0. The largest absolute Gasteiger partial charge is 0.415 e. The van der Waals surface area contributed by atoms with Gasteiger partial charge in [0.15, 0.2) is 0 Å². The Balaban J connectivity index is 1.16. The molecule has 0 N–H and O–H groups in total. The molecule has 0 fully saturated rings. The van der Waals surface area contributed by atoms with Gasteiger partial charge in [0.05, 0.1) is 31.9 Å². The molecule has 0 aliphatic rings. The minimum absolute atomic E-state index is 0.414. The van der Waals surface area contributed by atoms with Gasteiger partial charge in [-0.2, -0.15) is 0 Å². The molecule has 0 saturated carbocycles. The second-order valence-electron chi connectivity index (χ2n) is 7.82. The van der Waals surface area contributed by atoms with Crippen LogP contribution >= 0.6 is 11.3 Å². The van der Waals surface area contributed by atoms with Crippen molar-refractivity contribution in [1.29, 1.82) is 0 Å². The van der Waals surface area contributed by atoms with Gasteiger partial charge in [-0.25, -0.2) is 0 Å². The average Bonchev–Trinajstić information content (AvgIpc) is 3.68. The van der Waals surface area contributed by atoms with Crippen LogP contribution in [0, 0.1) is 0 Å². The lowest BCUT2D eigenvalue weighted by molar-refractivity contribution is 0.586. The van der Waals surface area contributed by atoms with Gasteiger partial charge in [0.2, 0.25) is 11.8 Å². The number of thiophene rings is 1. The number of para-hydroxylation sites is 2. The fourth-order valence-corrected chi connectivity index (χ4v) is 4.67. The molecule has 0 saturated heterocycles. The van der Waals surface area contributed by atoms with E-state index in [0.29, 0.717) is 23.6 Å². The molecule has 0 aliphatic heterocycles. The van der Waals surface area contributed by atoms with Gasteiger partial charge in [-0.15, -0.1) is 31.7 Å². The first-order valence-electron chi connectivity index (χ1n) is 10.8. The van der Waals surface area contributed by atoms with Crippen molar-refractivity contribution in [3.05, 3.63) is 85.2 Å². The SMILES string of the molecule is c1ccc2ncc(-c3nnc(-c4ccc(-c5nnc(-c6cnc7ccccc7c6)o5)s4)o3)cc2c1. The zero-order valence-corrected chi connectivity index (χ0v) is 18.8. The van der Waals surface area contributed by atoms with Gasteiger partial charge in [0, 0.05) is 23.2 Å². The van der Waals surface area contributed by atoms with Crippen LogP contribution < -0.4 is 0 Å². The first-order chi connectivity index (χ1) is 17.3. The van der Waals surface area contributed by atoms with Crippen molar-refractivity contribution < 1.29 is 8.83 Å². The lowest BCUT2D eigenvalue weighted by atomic mass is 10.1. The van der Waals surface area contributed by atoms with Gasteiger partial charge >= 0.3 is 0 Å². The van der Waals surface area contributed by atoms with E-state index in [4.69, 9.17) is 8.83 Å². The third-order valence-corrected chi connectivity index (χ3v) is 6.61. The molecule has 5 heterocycles. The Morgan fingerprint density at radius 3 is 1.49 bits per heavy atom. The lowest BCUT2D eigenvalue weighted by Gasteiger charge is -1.98. The van der Waals surface area contributed by atoms with Crippen molar-refractivity contribution in [2.45, 2.75) is 0 Å². The highest BCUT2D eigenvalue weighted by molar-refractivity contribution is 7.18. The van der Waals surface area contributed by atoms with E-state index in [9.17, 15) is 0 Å². The molecular weight excluding hydrogens is 460 g/mol. The van der Waals surface area contributed by atoms with Gasteiger partial charge in [0.1, 0.15) is 0 Å². The van der Waals surface area contributed by atoms with Crippen LogP contribution in [-0.4, -0.2) is 30.4 Å². The third-order valence-electron chi connectivity index (χ3n) is 5.55. The van der Waals surface area contributed by atoms with Crippen LogP contribution in [0.25, 0.3) is 66.2 Å². The summed E-state index contributed by atoms with van der Waals surface area (Å²) in [5, 5.41) is 18.9. The molecule has 0 amide bonds. The summed E-state index contributed by atoms with van der Waals surface area (Å²) in [5.41, 5.74) is 3.36. The number of pyridine rings is 2. The molecule has 8 nitrogen and oxygen atoms in total. The molecule has 9 heteroatoms. The van der Waals surface area contributed by atoms with E-state index in [1.165, 1.54) is 11.3 Å². The number of nitrogens with zero attached hydrogens (tertiary/aromatic N) is 6. The molecule has 0 bridgehead atoms. The highest BCUT2D eigenvalue weighted by Gasteiger charge is 2.17. The predicted octanol–water partition coefficient (Wildman–Crippen LogP) is 6.28. The standard InChI is InChI=1S/C26H14N6O2S/c1-3-7-19-15(5-1)11-17(13-27-19)23-29-31-25(33-23)21-9-10-22(35-21)26-32-30-24(34-26)18-12-16-6-2-4-8-20(16)28-14-18/h1-14H. The minimum Gasteiger partial charge on any atom is -0.415 e. The Morgan fingerprint density at radius 1 is 0.514 bits per heavy atom. The molecule has 0 aliphatic carbocycles. The van der Waals surface area contributed by atoms with E-state index in [0.717, 1.165) is 42.7 Å². The number of rotatable bonds is 4. The molecular formula is C26H14N6O2S. The Kier molecular flexibility index (Phi) is 4.46. The Morgan fingerprint density at radius 2 is 0.971 bits per heavy atom. The molecule has 166 valence electrons. The fraction of sp³-hybridized carbons (Fsp3) is 0. The van der Waals surface area contributed by atoms with Gasteiger partial charge in [-0.3, -0.25) is 9.97 Å². The van der Waals surface area contributed by atoms with Gasteiger partial charge in [-0.1, -0.05) is 36.4 Å². The monoisotopic (exact) mass is 474 g/mol. The molecule has 0 radical (unpaired) electrons. The second kappa shape index (κ2) is 7.93. The minimum atomic E-state index is 0.414. The molecule has 7 rings (SSSR count). The smallest absolute Gasteiger partial charge is 0.258 e. The average molecular weight is 475 g/mol. The summed E-state index contributed by atoms with van der Waals surface area (Å²) in [4.78, 5) is 10.6. The second-order valence-corrected chi connectivity index (χ2v) is 8.91. The van der Waals surface area contributed by atoms with Crippen LogP contribution in [0.1, 0.15) is 0 Å². The number of hydrogen-bond donors (Lipinski definition) is 0. The van der Waals surface area contributed by atoms with Crippen LogP contribution in [0.15, 0.2) is 94.0 Å². The van der Waals surface area contributed by atoms with Crippen molar-refractivity contribution in [3.8, 4) is 44.4 Å². The normalized spacial score (nSPS) is 11.4. The number of benzene rings is 2. The van der Waals surface area contributed by atoms with Crippen molar-refractivity contribution >= 4 is 33.1 Å². The Labute approximate surface area is 202 Å². The molecule has 0 spiro atoms. The first kappa shape index (κ1) is 19.7. The number of aromatic nitrogens is 6. The Bertz CT molecular complexity index is 1700. The summed E-state index contributed by atoms with van der Waals surface area (Å²) in [5.74, 6) is 1.67. The van der Waals surface area contributed by atoms with Crippen molar-refractivity contribution in [2.24, 2.45) is 0 Å². The third kappa shape index (κ3) is 3.54. The topological polar surface area (TPSA) is 104 Å². The predicted molar refractivity (Wildman–Crippen MR) is 132 cm³/mol. The zero-order valence-electron chi connectivity index (χ0n) is 18.0. The van der Waals surface area contributed by atoms with E-state index >= 15 is 0 Å². The van der Waals surface area contributed by atoms with Crippen LogP contribution in [0.5, 0.6) is 0 Å². The van der Waals surface area contributed by atoms with Crippen molar-refractivity contribution in [1.82, 2.24) is 30.4 Å². The van der Waals surface area contributed by atoms with E-state index < -0.39 is 0 Å².